The number of guanidine groups is 1. The number of nitrogens with one attached hydrogen (secondary N) is 2. The lowest BCUT2D eigenvalue weighted by atomic mass is 9.93. The van der Waals surface area contributed by atoms with Gasteiger partial charge in [0.2, 0.25) is 11.8 Å². The van der Waals surface area contributed by atoms with Gasteiger partial charge in [0.25, 0.3) is 0 Å². The maximum absolute atomic E-state index is 11.9. The number of carbonyl (C=O) groups is 2. The molecule has 0 saturated carbocycles. The number of likely N-dealkylation sites (tertiary alicyclic amines) is 1. The number of piperidine rings is 1. The number of rotatable bonds is 9. The van der Waals surface area contributed by atoms with E-state index in [1.807, 2.05) is 6.92 Å². The van der Waals surface area contributed by atoms with Gasteiger partial charge in [-0.2, -0.15) is 0 Å². The van der Waals surface area contributed by atoms with Crippen molar-refractivity contribution in [3.05, 3.63) is 0 Å². The second-order valence-electron chi connectivity index (χ2n) is 6.71. The van der Waals surface area contributed by atoms with Gasteiger partial charge in [-0.15, -0.1) is 24.0 Å². The third-order valence-electron chi connectivity index (χ3n) is 4.48. The van der Waals surface area contributed by atoms with Crippen molar-refractivity contribution < 1.29 is 14.3 Å². The summed E-state index contributed by atoms with van der Waals surface area (Å²) in [6, 6.07) is 0. The van der Waals surface area contributed by atoms with E-state index in [1.165, 1.54) is 0 Å². The van der Waals surface area contributed by atoms with Gasteiger partial charge in [-0.25, -0.2) is 4.99 Å². The van der Waals surface area contributed by atoms with Crippen LogP contribution in [0.4, 0.5) is 0 Å². The van der Waals surface area contributed by atoms with Crippen molar-refractivity contribution in [3.8, 4) is 0 Å². The number of halogens is 1. The van der Waals surface area contributed by atoms with E-state index < -0.39 is 0 Å². The zero-order valence-electron chi connectivity index (χ0n) is 17.1. The molecule has 0 bridgehead atoms. The fraction of sp³-hybridized carbons (Fsp3) is 0.833. The molecule has 1 aliphatic rings. The second-order valence-corrected chi connectivity index (χ2v) is 6.71. The van der Waals surface area contributed by atoms with Crippen molar-refractivity contribution in [1.82, 2.24) is 20.4 Å². The van der Waals surface area contributed by atoms with Gasteiger partial charge in [0.1, 0.15) is 6.54 Å². The molecule has 2 N–H and O–H groups in total. The summed E-state index contributed by atoms with van der Waals surface area (Å²) in [6.45, 7) is 5.99. The van der Waals surface area contributed by atoms with E-state index in [0.717, 1.165) is 51.5 Å². The first-order chi connectivity index (χ1) is 12.5. The maximum Gasteiger partial charge on any atom is 0.243 e. The largest absolute Gasteiger partial charge is 0.382 e. The van der Waals surface area contributed by atoms with E-state index in [9.17, 15) is 9.59 Å². The Kier molecular flexibility index (Phi) is 14.3. The molecule has 0 aromatic heterocycles. The SMILES string of the molecule is CCOCCCNC(=NCC(=O)N(C)C)N1CCC(CC(=O)NC)CC1.I. The summed E-state index contributed by atoms with van der Waals surface area (Å²) < 4.78 is 5.36. The van der Waals surface area contributed by atoms with Gasteiger partial charge < -0.3 is 25.2 Å². The lowest BCUT2D eigenvalue weighted by molar-refractivity contribution is -0.127. The number of aliphatic imine (C=N–C) groups is 1. The predicted molar refractivity (Wildman–Crippen MR) is 119 cm³/mol. The van der Waals surface area contributed by atoms with Crippen LogP contribution < -0.4 is 10.6 Å². The summed E-state index contributed by atoms with van der Waals surface area (Å²) in [5.41, 5.74) is 0. The van der Waals surface area contributed by atoms with Gasteiger partial charge in [0, 0.05) is 60.4 Å². The van der Waals surface area contributed by atoms with Gasteiger partial charge in [0.05, 0.1) is 0 Å². The number of carbonyl (C=O) groups excluding carboxylic acids is 2. The quantitative estimate of drug-likeness (QED) is 0.214. The fourth-order valence-corrected chi connectivity index (χ4v) is 2.78. The molecule has 1 fully saturated rings. The summed E-state index contributed by atoms with van der Waals surface area (Å²) in [4.78, 5) is 31.6. The molecule has 1 heterocycles. The molecule has 27 heavy (non-hydrogen) atoms. The highest BCUT2D eigenvalue weighted by molar-refractivity contribution is 14.0. The Balaban J connectivity index is 0.00000676. The van der Waals surface area contributed by atoms with Crippen molar-refractivity contribution >= 4 is 41.8 Å². The Morgan fingerprint density at radius 1 is 1.26 bits per heavy atom. The van der Waals surface area contributed by atoms with E-state index in [2.05, 4.69) is 20.5 Å². The van der Waals surface area contributed by atoms with E-state index in [4.69, 9.17) is 4.74 Å². The van der Waals surface area contributed by atoms with Crippen LogP contribution >= 0.6 is 24.0 Å². The monoisotopic (exact) mass is 497 g/mol. The first-order valence-electron chi connectivity index (χ1n) is 9.49. The Morgan fingerprint density at radius 3 is 2.48 bits per heavy atom. The van der Waals surface area contributed by atoms with Crippen LogP contribution in [0, 0.1) is 5.92 Å². The highest BCUT2D eigenvalue weighted by Gasteiger charge is 2.23. The second kappa shape index (κ2) is 14.9. The summed E-state index contributed by atoms with van der Waals surface area (Å²) in [5, 5.41) is 6.05. The van der Waals surface area contributed by atoms with Crippen LogP contribution in [0.25, 0.3) is 0 Å². The average Bonchev–Trinajstić information content (AvgIpc) is 2.64. The molecule has 2 amide bonds. The lowest BCUT2D eigenvalue weighted by Crippen LogP contribution is -2.47. The fourth-order valence-electron chi connectivity index (χ4n) is 2.78. The number of hydrogen-bond donors (Lipinski definition) is 2. The summed E-state index contributed by atoms with van der Waals surface area (Å²) in [6.07, 6.45) is 3.38. The van der Waals surface area contributed by atoms with Crippen LogP contribution in [0.2, 0.25) is 0 Å². The van der Waals surface area contributed by atoms with Crippen molar-refractivity contribution in [1.29, 1.82) is 0 Å². The van der Waals surface area contributed by atoms with Crippen LogP contribution in [0.15, 0.2) is 4.99 Å². The predicted octanol–water partition coefficient (Wildman–Crippen LogP) is 0.913. The zero-order chi connectivity index (χ0) is 19.4. The average molecular weight is 497 g/mol. The van der Waals surface area contributed by atoms with Gasteiger partial charge in [-0.3, -0.25) is 9.59 Å². The van der Waals surface area contributed by atoms with E-state index in [1.54, 1.807) is 26.0 Å². The molecule has 0 atom stereocenters. The van der Waals surface area contributed by atoms with E-state index in [0.29, 0.717) is 18.9 Å². The highest BCUT2D eigenvalue weighted by atomic mass is 127. The molecule has 0 aromatic rings. The third-order valence-corrected chi connectivity index (χ3v) is 4.48. The minimum atomic E-state index is -0.0203. The van der Waals surface area contributed by atoms with Gasteiger partial charge in [0.15, 0.2) is 5.96 Å². The van der Waals surface area contributed by atoms with Gasteiger partial charge in [-0.1, -0.05) is 0 Å². The van der Waals surface area contributed by atoms with Gasteiger partial charge in [-0.05, 0) is 32.1 Å². The molecular weight excluding hydrogens is 461 g/mol. The topological polar surface area (TPSA) is 86.3 Å². The Hall–Kier alpha value is -1.10. The number of ether oxygens (including phenoxy) is 1. The van der Waals surface area contributed by atoms with Crippen LogP contribution in [-0.2, 0) is 14.3 Å². The molecule has 158 valence electrons. The van der Waals surface area contributed by atoms with Crippen molar-refractivity contribution in [2.24, 2.45) is 10.9 Å². The molecule has 0 spiro atoms. The minimum absolute atomic E-state index is 0. The number of likely N-dealkylation sites (N-methyl/N-ethyl adjacent to an activating group) is 1. The molecular formula is C18H36IN5O3. The Bertz CT molecular complexity index is 466. The first-order valence-corrected chi connectivity index (χ1v) is 9.49. The van der Waals surface area contributed by atoms with E-state index >= 15 is 0 Å². The minimum Gasteiger partial charge on any atom is -0.382 e. The standard InChI is InChI=1S/C18H35N5O3.HI/c1-5-26-12-6-9-20-18(21-14-17(25)22(3)4)23-10-7-15(8-11-23)13-16(24)19-2;/h15H,5-14H2,1-4H3,(H,19,24)(H,20,21);1H. The lowest BCUT2D eigenvalue weighted by Gasteiger charge is -2.34. The van der Waals surface area contributed by atoms with Crippen molar-refractivity contribution in [2.45, 2.75) is 32.6 Å². The van der Waals surface area contributed by atoms with Crippen LogP contribution in [0.5, 0.6) is 0 Å². The molecule has 0 aliphatic carbocycles. The molecule has 0 radical (unpaired) electrons. The molecule has 8 nitrogen and oxygen atoms in total. The molecule has 0 aromatic carbocycles. The smallest absolute Gasteiger partial charge is 0.243 e. The first kappa shape index (κ1) is 25.9. The molecule has 1 aliphatic heterocycles. The van der Waals surface area contributed by atoms with Crippen LogP contribution in [-0.4, -0.2) is 88.1 Å². The van der Waals surface area contributed by atoms with Gasteiger partial charge >= 0.3 is 0 Å². The molecule has 0 unspecified atom stereocenters. The molecule has 9 heteroatoms. The number of amides is 2. The molecule has 1 saturated heterocycles. The maximum atomic E-state index is 11.9. The summed E-state index contributed by atoms with van der Waals surface area (Å²) in [7, 11) is 5.14. The van der Waals surface area contributed by atoms with Crippen molar-refractivity contribution in [2.75, 3.05) is 60.5 Å². The normalized spacial score (nSPS) is 15.1. The van der Waals surface area contributed by atoms with Crippen LogP contribution in [0.1, 0.15) is 32.6 Å². The zero-order valence-corrected chi connectivity index (χ0v) is 19.5. The number of hydrogen-bond acceptors (Lipinski definition) is 4. The van der Waals surface area contributed by atoms with E-state index in [-0.39, 0.29) is 42.3 Å². The Morgan fingerprint density at radius 2 is 1.93 bits per heavy atom. The molecule has 1 rings (SSSR count). The third kappa shape index (κ3) is 10.7. The summed E-state index contributed by atoms with van der Waals surface area (Å²) in [5.74, 6) is 1.26. The summed E-state index contributed by atoms with van der Waals surface area (Å²) >= 11 is 0. The number of nitrogens with zero attached hydrogens (tertiary/aromatic N) is 3. The highest BCUT2D eigenvalue weighted by Crippen LogP contribution is 2.20. The Labute approximate surface area is 180 Å². The van der Waals surface area contributed by atoms with Crippen molar-refractivity contribution in [3.63, 3.8) is 0 Å². The van der Waals surface area contributed by atoms with Crippen LogP contribution in [0.3, 0.4) is 0 Å².